The molecule has 0 aromatic heterocycles. The van der Waals surface area contributed by atoms with Crippen molar-refractivity contribution in [1.29, 1.82) is 0 Å². The normalized spacial score (nSPS) is 15.1. The largest absolute Gasteiger partial charge is 0.496 e. The first-order valence-corrected chi connectivity index (χ1v) is 7.96. The zero-order valence-corrected chi connectivity index (χ0v) is 12.1. The van der Waals surface area contributed by atoms with Crippen LogP contribution in [0.2, 0.25) is 0 Å². The van der Waals surface area contributed by atoms with E-state index in [1.807, 2.05) is 38.1 Å². The molecular weight excluding hydrogens is 250 g/mol. The first-order chi connectivity index (χ1) is 8.33. The Balaban J connectivity index is 2.73. The molecule has 1 aromatic rings. The van der Waals surface area contributed by atoms with Gasteiger partial charge in [-0.05, 0) is 19.9 Å². The average Bonchev–Trinajstić information content (AvgIpc) is 2.26. The molecule has 0 aliphatic carbocycles. The van der Waals surface area contributed by atoms with Crippen molar-refractivity contribution in [1.82, 2.24) is 5.32 Å². The van der Waals surface area contributed by atoms with Crippen LogP contribution in [0.25, 0.3) is 0 Å². The molecule has 0 fully saturated rings. The van der Waals surface area contributed by atoms with Crippen LogP contribution in [-0.4, -0.2) is 33.6 Å². The molecule has 0 radical (unpaired) electrons. The van der Waals surface area contributed by atoms with E-state index in [9.17, 15) is 8.42 Å². The van der Waals surface area contributed by atoms with Crippen molar-refractivity contribution in [2.45, 2.75) is 25.9 Å². The predicted molar refractivity (Wildman–Crippen MR) is 73.7 cm³/mol. The van der Waals surface area contributed by atoms with E-state index in [-0.39, 0.29) is 17.8 Å². The third kappa shape index (κ3) is 4.66. The standard InChI is InChI=1S/C13H21NO3S/c1-10(9-18(4,15)16)14-11(2)12-7-5-6-8-13(12)17-3/h5-8,10-11,14H,9H2,1-4H3. The number of hydrogen-bond donors (Lipinski definition) is 1. The minimum absolute atomic E-state index is 0.0397. The first kappa shape index (κ1) is 15.0. The third-order valence-corrected chi connectivity index (χ3v) is 3.80. The van der Waals surface area contributed by atoms with Gasteiger partial charge in [0.2, 0.25) is 0 Å². The quantitative estimate of drug-likeness (QED) is 0.857. The van der Waals surface area contributed by atoms with Crippen LogP contribution in [0.3, 0.4) is 0 Å². The lowest BCUT2D eigenvalue weighted by Gasteiger charge is -2.21. The summed E-state index contributed by atoms with van der Waals surface area (Å²) in [7, 11) is -1.33. The lowest BCUT2D eigenvalue weighted by Crippen LogP contribution is -2.34. The number of methoxy groups -OCH3 is 1. The Bertz CT molecular complexity index is 485. The maximum Gasteiger partial charge on any atom is 0.148 e. The number of nitrogens with one attached hydrogen (secondary N) is 1. The van der Waals surface area contributed by atoms with Crippen molar-refractivity contribution < 1.29 is 13.2 Å². The van der Waals surface area contributed by atoms with E-state index < -0.39 is 9.84 Å². The fraction of sp³-hybridized carbons (Fsp3) is 0.538. The Labute approximate surface area is 109 Å². The minimum Gasteiger partial charge on any atom is -0.496 e. The lowest BCUT2D eigenvalue weighted by atomic mass is 10.1. The number of benzene rings is 1. The molecule has 0 heterocycles. The molecule has 4 nitrogen and oxygen atoms in total. The van der Waals surface area contributed by atoms with Crippen molar-refractivity contribution in [3.8, 4) is 5.75 Å². The molecule has 0 saturated heterocycles. The van der Waals surface area contributed by atoms with E-state index in [0.29, 0.717) is 0 Å². The Morgan fingerprint density at radius 3 is 2.44 bits per heavy atom. The first-order valence-electron chi connectivity index (χ1n) is 5.90. The zero-order chi connectivity index (χ0) is 13.8. The van der Waals surface area contributed by atoms with Gasteiger partial charge in [-0.15, -0.1) is 0 Å². The molecule has 0 amide bonds. The van der Waals surface area contributed by atoms with Gasteiger partial charge in [0.1, 0.15) is 15.6 Å². The minimum atomic E-state index is -2.96. The van der Waals surface area contributed by atoms with E-state index in [2.05, 4.69) is 5.32 Å². The van der Waals surface area contributed by atoms with Gasteiger partial charge >= 0.3 is 0 Å². The van der Waals surface area contributed by atoms with Gasteiger partial charge in [-0.1, -0.05) is 18.2 Å². The highest BCUT2D eigenvalue weighted by Crippen LogP contribution is 2.24. The SMILES string of the molecule is COc1ccccc1C(C)NC(C)CS(C)(=O)=O. The van der Waals surface area contributed by atoms with Gasteiger partial charge in [-0.25, -0.2) is 8.42 Å². The summed E-state index contributed by atoms with van der Waals surface area (Å²) >= 11 is 0. The van der Waals surface area contributed by atoms with Gasteiger partial charge in [0.25, 0.3) is 0 Å². The molecule has 0 aliphatic heterocycles. The topological polar surface area (TPSA) is 55.4 Å². The summed E-state index contributed by atoms with van der Waals surface area (Å²) in [6, 6.07) is 7.67. The molecule has 2 atom stereocenters. The molecule has 102 valence electrons. The van der Waals surface area contributed by atoms with Crippen LogP contribution in [0.1, 0.15) is 25.5 Å². The number of para-hydroxylation sites is 1. The number of sulfone groups is 1. The Morgan fingerprint density at radius 1 is 1.28 bits per heavy atom. The molecule has 18 heavy (non-hydrogen) atoms. The highest BCUT2D eigenvalue weighted by atomic mass is 32.2. The van der Waals surface area contributed by atoms with Crippen molar-refractivity contribution >= 4 is 9.84 Å². The second kappa shape index (κ2) is 6.20. The Hall–Kier alpha value is -1.07. The summed E-state index contributed by atoms with van der Waals surface area (Å²) in [4.78, 5) is 0. The fourth-order valence-electron chi connectivity index (χ4n) is 2.04. The van der Waals surface area contributed by atoms with Crippen molar-refractivity contribution in [3.63, 3.8) is 0 Å². The van der Waals surface area contributed by atoms with E-state index in [1.54, 1.807) is 7.11 Å². The fourth-order valence-corrected chi connectivity index (χ4v) is 3.05. The summed E-state index contributed by atoms with van der Waals surface area (Å²) < 4.78 is 27.7. The molecule has 1 rings (SSSR count). The van der Waals surface area contributed by atoms with Gasteiger partial charge in [0, 0.05) is 23.9 Å². The van der Waals surface area contributed by atoms with Crippen LogP contribution in [0.4, 0.5) is 0 Å². The second-order valence-corrected chi connectivity index (χ2v) is 6.81. The highest BCUT2D eigenvalue weighted by molar-refractivity contribution is 7.90. The summed E-state index contributed by atoms with van der Waals surface area (Å²) in [6.07, 6.45) is 1.25. The van der Waals surface area contributed by atoms with Gasteiger partial charge in [-0.2, -0.15) is 0 Å². The smallest absolute Gasteiger partial charge is 0.148 e. The third-order valence-electron chi connectivity index (χ3n) is 2.69. The van der Waals surface area contributed by atoms with Gasteiger partial charge in [0.15, 0.2) is 0 Å². The molecule has 2 unspecified atom stereocenters. The van der Waals surface area contributed by atoms with Crippen molar-refractivity contribution in [3.05, 3.63) is 29.8 Å². The maximum atomic E-state index is 11.2. The van der Waals surface area contributed by atoms with Crippen LogP contribution in [0.5, 0.6) is 5.75 Å². The summed E-state index contributed by atoms with van der Waals surface area (Å²) in [5.74, 6) is 0.941. The van der Waals surface area contributed by atoms with Crippen molar-refractivity contribution in [2.75, 3.05) is 19.1 Å². The summed E-state index contributed by atoms with van der Waals surface area (Å²) in [6.45, 7) is 3.86. The van der Waals surface area contributed by atoms with E-state index in [4.69, 9.17) is 4.74 Å². The average molecular weight is 271 g/mol. The number of ether oxygens (including phenoxy) is 1. The van der Waals surface area contributed by atoms with E-state index in [1.165, 1.54) is 6.26 Å². The highest BCUT2D eigenvalue weighted by Gasteiger charge is 2.16. The van der Waals surface area contributed by atoms with E-state index in [0.717, 1.165) is 11.3 Å². The molecule has 1 N–H and O–H groups in total. The van der Waals surface area contributed by atoms with Crippen LogP contribution in [-0.2, 0) is 9.84 Å². The van der Waals surface area contributed by atoms with Crippen LogP contribution >= 0.6 is 0 Å². The monoisotopic (exact) mass is 271 g/mol. The molecule has 0 spiro atoms. The molecule has 0 bridgehead atoms. The summed E-state index contributed by atoms with van der Waals surface area (Å²) in [5, 5.41) is 3.27. The molecule has 0 aliphatic rings. The van der Waals surface area contributed by atoms with Crippen molar-refractivity contribution in [2.24, 2.45) is 0 Å². The molecule has 1 aromatic carbocycles. The van der Waals surface area contributed by atoms with Crippen LogP contribution < -0.4 is 10.1 Å². The summed E-state index contributed by atoms with van der Waals surface area (Å²) in [5.41, 5.74) is 1.03. The number of rotatable bonds is 6. The Morgan fingerprint density at radius 2 is 1.89 bits per heavy atom. The zero-order valence-electron chi connectivity index (χ0n) is 11.3. The second-order valence-electron chi connectivity index (χ2n) is 4.62. The number of hydrogen-bond acceptors (Lipinski definition) is 4. The van der Waals surface area contributed by atoms with Crippen LogP contribution in [0, 0.1) is 0 Å². The maximum absolute atomic E-state index is 11.2. The Kier molecular flexibility index (Phi) is 5.16. The molecular formula is C13H21NO3S. The predicted octanol–water partition coefficient (Wildman–Crippen LogP) is 1.78. The molecule has 0 saturated carbocycles. The van der Waals surface area contributed by atoms with E-state index >= 15 is 0 Å². The lowest BCUT2D eigenvalue weighted by molar-refractivity contribution is 0.398. The van der Waals surface area contributed by atoms with Gasteiger partial charge in [0.05, 0.1) is 12.9 Å². The molecule has 5 heteroatoms. The van der Waals surface area contributed by atoms with Crippen LogP contribution in [0.15, 0.2) is 24.3 Å². The van der Waals surface area contributed by atoms with Gasteiger partial charge < -0.3 is 10.1 Å². The van der Waals surface area contributed by atoms with Gasteiger partial charge in [-0.3, -0.25) is 0 Å².